The van der Waals surface area contributed by atoms with Gasteiger partial charge in [-0.3, -0.25) is 9.36 Å². The third kappa shape index (κ3) is 5.89. The summed E-state index contributed by atoms with van der Waals surface area (Å²) in [7, 11) is 1.57. The van der Waals surface area contributed by atoms with Gasteiger partial charge in [0.1, 0.15) is 5.75 Å². The van der Waals surface area contributed by atoms with E-state index in [0.717, 1.165) is 17.2 Å². The molecule has 3 aromatic carbocycles. The number of nitrogens with one attached hydrogen (secondary N) is 2. The van der Waals surface area contributed by atoms with Crippen LogP contribution in [0.4, 0.5) is 11.4 Å². The number of carbonyl (C=O) groups is 1. The number of anilines is 2. The van der Waals surface area contributed by atoms with Crippen LogP contribution < -0.4 is 15.4 Å². The van der Waals surface area contributed by atoms with Crippen molar-refractivity contribution in [2.75, 3.05) is 23.5 Å². The van der Waals surface area contributed by atoms with Crippen LogP contribution in [-0.2, 0) is 11.3 Å². The zero-order valence-corrected chi connectivity index (χ0v) is 20.4. The van der Waals surface area contributed by atoms with Gasteiger partial charge in [0, 0.05) is 16.4 Å². The highest BCUT2D eigenvalue weighted by atomic mass is 35.5. The number of halogens is 1. The normalized spacial score (nSPS) is 10.7. The molecule has 0 aliphatic rings. The van der Waals surface area contributed by atoms with Crippen molar-refractivity contribution in [2.24, 2.45) is 0 Å². The summed E-state index contributed by atoms with van der Waals surface area (Å²) in [5.41, 5.74) is 3.67. The van der Waals surface area contributed by atoms with Crippen LogP contribution in [0.5, 0.6) is 5.75 Å². The predicted molar refractivity (Wildman–Crippen MR) is 137 cm³/mol. The van der Waals surface area contributed by atoms with Gasteiger partial charge in [-0.15, -0.1) is 10.2 Å². The molecule has 0 bridgehead atoms. The topological polar surface area (TPSA) is 81.1 Å². The number of thioether (sulfide) groups is 1. The second kappa shape index (κ2) is 11.1. The first kappa shape index (κ1) is 23.7. The highest BCUT2D eigenvalue weighted by Crippen LogP contribution is 2.26. The monoisotopic (exact) mass is 493 g/mol. The first-order valence-corrected chi connectivity index (χ1v) is 12.0. The molecule has 0 aliphatic heterocycles. The quantitative estimate of drug-likeness (QED) is 0.296. The van der Waals surface area contributed by atoms with Crippen molar-refractivity contribution in [1.82, 2.24) is 14.8 Å². The van der Waals surface area contributed by atoms with Gasteiger partial charge in [-0.1, -0.05) is 53.2 Å². The average molecular weight is 494 g/mol. The van der Waals surface area contributed by atoms with E-state index in [9.17, 15) is 4.79 Å². The highest BCUT2D eigenvalue weighted by Gasteiger charge is 2.16. The van der Waals surface area contributed by atoms with Crippen molar-refractivity contribution in [2.45, 2.75) is 18.6 Å². The number of methoxy groups -OCH3 is 1. The Morgan fingerprint density at radius 2 is 1.76 bits per heavy atom. The fourth-order valence-electron chi connectivity index (χ4n) is 3.27. The largest absolute Gasteiger partial charge is 0.495 e. The van der Waals surface area contributed by atoms with Crippen LogP contribution in [0.1, 0.15) is 11.4 Å². The van der Waals surface area contributed by atoms with E-state index >= 15 is 0 Å². The smallest absolute Gasteiger partial charge is 0.234 e. The molecule has 0 atom stereocenters. The molecule has 0 radical (unpaired) electrons. The van der Waals surface area contributed by atoms with Crippen molar-refractivity contribution in [3.8, 4) is 11.4 Å². The maximum atomic E-state index is 12.6. The van der Waals surface area contributed by atoms with E-state index in [4.69, 9.17) is 16.3 Å². The number of nitrogens with zero attached hydrogens (tertiary/aromatic N) is 3. The van der Waals surface area contributed by atoms with Crippen LogP contribution in [-0.4, -0.2) is 33.5 Å². The lowest BCUT2D eigenvalue weighted by molar-refractivity contribution is -0.113. The number of amides is 1. The summed E-state index contributed by atoms with van der Waals surface area (Å²) in [6.07, 6.45) is 0. The standard InChI is InChI=1S/C25H24ClN5O2S/c1-17-7-11-19(12-8-17)27-15-23-29-30-25(31(23)20-13-9-18(26)10-14-20)34-16-24(32)28-21-5-3-4-6-22(21)33-2/h3-14,27H,15-16H2,1-2H3,(H,28,32). The van der Waals surface area contributed by atoms with E-state index in [-0.39, 0.29) is 11.7 Å². The predicted octanol–water partition coefficient (Wildman–Crippen LogP) is 5.58. The van der Waals surface area contributed by atoms with Crippen LogP contribution >= 0.6 is 23.4 Å². The van der Waals surface area contributed by atoms with Crippen molar-refractivity contribution < 1.29 is 9.53 Å². The molecule has 34 heavy (non-hydrogen) atoms. The summed E-state index contributed by atoms with van der Waals surface area (Å²) in [5.74, 6) is 1.32. The summed E-state index contributed by atoms with van der Waals surface area (Å²) >= 11 is 7.40. The summed E-state index contributed by atoms with van der Waals surface area (Å²) in [6.45, 7) is 2.52. The van der Waals surface area contributed by atoms with Gasteiger partial charge >= 0.3 is 0 Å². The number of aryl methyl sites for hydroxylation is 1. The van der Waals surface area contributed by atoms with Crippen LogP contribution in [0.2, 0.25) is 5.02 Å². The van der Waals surface area contributed by atoms with E-state index in [2.05, 4.69) is 27.8 Å². The third-order valence-electron chi connectivity index (χ3n) is 5.00. The maximum Gasteiger partial charge on any atom is 0.234 e. The van der Waals surface area contributed by atoms with Gasteiger partial charge in [-0.25, -0.2) is 0 Å². The maximum absolute atomic E-state index is 12.6. The second-order valence-corrected chi connectivity index (χ2v) is 8.85. The van der Waals surface area contributed by atoms with E-state index in [1.54, 1.807) is 19.2 Å². The molecule has 4 rings (SSSR count). The van der Waals surface area contributed by atoms with Gasteiger partial charge in [0.05, 0.1) is 25.1 Å². The van der Waals surface area contributed by atoms with Gasteiger partial charge in [0.15, 0.2) is 11.0 Å². The third-order valence-corrected chi connectivity index (χ3v) is 6.18. The molecule has 0 spiro atoms. The van der Waals surface area contributed by atoms with Gasteiger partial charge in [-0.05, 0) is 55.5 Å². The minimum Gasteiger partial charge on any atom is -0.495 e. The zero-order valence-electron chi connectivity index (χ0n) is 18.8. The van der Waals surface area contributed by atoms with Gasteiger partial charge in [0.25, 0.3) is 0 Å². The lowest BCUT2D eigenvalue weighted by Gasteiger charge is -2.12. The van der Waals surface area contributed by atoms with E-state index in [1.165, 1.54) is 17.3 Å². The van der Waals surface area contributed by atoms with E-state index in [1.807, 2.05) is 65.2 Å². The Balaban J connectivity index is 1.51. The lowest BCUT2D eigenvalue weighted by atomic mass is 10.2. The second-order valence-electron chi connectivity index (χ2n) is 7.47. The van der Waals surface area contributed by atoms with Crippen molar-refractivity contribution in [3.63, 3.8) is 0 Å². The Kier molecular flexibility index (Phi) is 7.72. The molecule has 4 aromatic rings. The fourth-order valence-corrected chi connectivity index (χ4v) is 4.17. The number of ether oxygens (including phenoxy) is 1. The summed E-state index contributed by atoms with van der Waals surface area (Å²) in [5, 5.41) is 16.2. The summed E-state index contributed by atoms with van der Waals surface area (Å²) in [6, 6.07) is 22.9. The van der Waals surface area contributed by atoms with Crippen molar-refractivity contribution in [1.29, 1.82) is 0 Å². The number of hydrogen-bond acceptors (Lipinski definition) is 6. The molecule has 1 aromatic heterocycles. The Labute approximate surface area is 207 Å². The van der Waals surface area contributed by atoms with E-state index < -0.39 is 0 Å². The molecule has 1 amide bonds. The first-order chi connectivity index (χ1) is 16.5. The number of rotatable bonds is 9. The molecule has 0 saturated heterocycles. The zero-order chi connectivity index (χ0) is 23.9. The molecular formula is C25H24ClN5O2S. The lowest BCUT2D eigenvalue weighted by Crippen LogP contribution is -2.15. The van der Waals surface area contributed by atoms with Gasteiger partial charge in [0.2, 0.25) is 5.91 Å². The van der Waals surface area contributed by atoms with Gasteiger partial charge < -0.3 is 15.4 Å². The Morgan fingerprint density at radius 1 is 1.03 bits per heavy atom. The number of hydrogen-bond donors (Lipinski definition) is 2. The molecule has 0 aliphatic carbocycles. The molecule has 174 valence electrons. The Morgan fingerprint density at radius 3 is 2.50 bits per heavy atom. The van der Waals surface area contributed by atoms with Gasteiger partial charge in [-0.2, -0.15) is 0 Å². The minimum atomic E-state index is -0.167. The Hall–Kier alpha value is -3.49. The molecule has 7 nitrogen and oxygen atoms in total. The van der Waals surface area contributed by atoms with Crippen LogP contribution in [0, 0.1) is 6.92 Å². The van der Waals surface area contributed by atoms with Crippen LogP contribution in [0.15, 0.2) is 78.0 Å². The minimum absolute atomic E-state index is 0.162. The molecule has 0 saturated carbocycles. The number of benzene rings is 3. The van der Waals surface area contributed by atoms with Crippen molar-refractivity contribution >= 4 is 40.6 Å². The SMILES string of the molecule is COc1ccccc1NC(=O)CSc1nnc(CNc2ccc(C)cc2)n1-c1ccc(Cl)cc1. The summed E-state index contributed by atoms with van der Waals surface area (Å²) in [4.78, 5) is 12.6. The first-order valence-electron chi connectivity index (χ1n) is 10.6. The van der Waals surface area contributed by atoms with Crippen LogP contribution in [0.25, 0.3) is 5.69 Å². The van der Waals surface area contributed by atoms with Crippen LogP contribution in [0.3, 0.4) is 0 Å². The van der Waals surface area contributed by atoms with Crippen molar-refractivity contribution in [3.05, 3.63) is 89.2 Å². The Bertz CT molecular complexity index is 1260. The highest BCUT2D eigenvalue weighted by molar-refractivity contribution is 7.99. The molecular weight excluding hydrogens is 470 g/mol. The van der Waals surface area contributed by atoms with E-state index in [0.29, 0.717) is 28.2 Å². The number of aromatic nitrogens is 3. The average Bonchev–Trinajstić information content (AvgIpc) is 3.26. The number of para-hydroxylation sites is 2. The fraction of sp³-hybridized carbons (Fsp3) is 0.160. The molecule has 9 heteroatoms. The molecule has 0 fully saturated rings. The molecule has 2 N–H and O–H groups in total. The summed E-state index contributed by atoms with van der Waals surface area (Å²) < 4.78 is 7.23. The molecule has 0 unspecified atom stereocenters. The molecule has 1 heterocycles. The number of carbonyl (C=O) groups excluding carboxylic acids is 1.